The Hall–Kier alpha value is -0.990. The minimum absolute atomic E-state index is 0.0955. The Morgan fingerprint density at radius 2 is 2.31 bits per heavy atom. The molecule has 2 aliphatic rings. The molecule has 0 N–H and O–H groups in total. The van der Waals surface area contributed by atoms with Crippen molar-refractivity contribution in [2.24, 2.45) is 0 Å². The van der Waals surface area contributed by atoms with Gasteiger partial charge >= 0.3 is 5.97 Å². The van der Waals surface area contributed by atoms with Crippen molar-refractivity contribution >= 4 is 5.97 Å². The quantitative estimate of drug-likeness (QED) is 0.601. The van der Waals surface area contributed by atoms with Crippen molar-refractivity contribution in [3.8, 4) is 0 Å². The second kappa shape index (κ2) is 3.40. The molecule has 3 nitrogen and oxygen atoms in total. The van der Waals surface area contributed by atoms with Gasteiger partial charge in [-0.2, -0.15) is 0 Å². The Bertz CT molecular complexity index is 258. The molecular formula is C10H15NO2. The predicted octanol–water partition coefficient (Wildman–Crippen LogP) is 1.30. The van der Waals surface area contributed by atoms with Gasteiger partial charge in [-0.15, -0.1) is 0 Å². The first-order valence-electron chi connectivity index (χ1n) is 4.97. The fourth-order valence-corrected chi connectivity index (χ4v) is 2.15. The van der Waals surface area contributed by atoms with Gasteiger partial charge in [0.1, 0.15) is 0 Å². The summed E-state index contributed by atoms with van der Waals surface area (Å²) in [6.07, 6.45) is 3.14. The molecule has 2 rings (SSSR count). The molecule has 0 radical (unpaired) electrons. The number of nitrogens with zero attached hydrogens (tertiary/aromatic N) is 1. The number of fused-ring (bicyclic) bond motifs is 1. The van der Waals surface area contributed by atoms with Crippen LogP contribution in [-0.2, 0) is 9.53 Å². The lowest BCUT2D eigenvalue weighted by Crippen LogP contribution is -2.13. The molecule has 13 heavy (non-hydrogen) atoms. The van der Waals surface area contributed by atoms with Gasteiger partial charge in [0.15, 0.2) is 0 Å². The van der Waals surface area contributed by atoms with Gasteiger partial charge in [-0.1, -0.05) is 0 Å². The molecule has 0 aromatic heterocycles. The molecule has 2 aliphatic heterocycles. The van der Waals surface area contributed by atoms with Crippen LogP contribution in [0.1, 0.15) is 26.2 Å². The fourth-order valence-electron chi connectivity index (χ4n) is 2.15. The predicted molar refractivity (Wildman–Crippen MR) is 49.1 cm³/mol. The Kier molecular flexibility index (Phi) is 2.25. The summed E-state index contributed by atoms with van der Waals surface area (Å²) in [5.74, 6) is -0.0955. The average Bonchev–Trinajstić information content (AvgIpc) is 2.62. The van der Waals surface area contributed by atoms with Crippen LogP contribution in [0.3, 0.4) is 0 Å². The maximum Gasteiger partial charge on any atom is 0.335 e. The van der Waals surface area contributed by atoms with E-state index >= 15 is 0 Å². The van der Waals surface area contributed by atoms with E-state index in [9.17, 15) is 4.79 Å². The molecule has 3 heteroatoms. The van der Waals surface area contributed by atoms with Crippen LogP contribution in [0.4, 0.5) is 0 Å². The molecule has 0 amide bonds. The Balaban J connectivity index is 2.13. The highest BCUT2D eigenvalue weighted by Crippen LogP contribution is 2.32. The van der Waals surface area contributed by atoms with E-state index < -0.39 is 0 Å². The molecule has 0 unspecified atom stereocenters. The molecule has 0 atom stereocenters. The maximum atomic E-state index is 11.5. The van der Waals surface area contributed by atoms with Crippen molar-refractivity contribution in [1.29, 1.82) is 0 Å². The molecule has 0 spiro atoms. The van der Waals surface area contributed by atoms with Crippen LogP contribution in [0.5, 0.6) is 0 Å². The zero-order chi connectivity index (χ0) is 9.26. The zero-order valence-electron chi connectivity index (χ0n) is 8.01. The van der Waals surface area contributed by atoms with Crippen molar-refractivity contribution in [2.75, 3.05) is 19.7 Å². The molecule has 2 heterocycles. The third-order valence-electron chi connectivity index (χ3n) is 2.73. The summed E-state index contributed by atoms with van der Waals surface area (Å²) < 4.78 is 5.01. The minimum Gasteiger partial charge on any atom is -0.463 e. The number of carbonyl (C=O) groups excluding carboxylic acids is 1. The first-order valence-corrected chi connectivity index (χ1v) is 4.97. The third kappa shape index (κ3) is 1.43. The van der Waals surface area contributed by atoms with Gasteiger partial charge in [-0.25, -0.2) is 4.79 Å². The number of ether oxygens (including phenoxy) is 1. The molecule has 1 fully saturated rings. The SMILES string of the molecule is CCOC(=O)C1=C2CCCN2CC1. The Morgan fingerprint density at radius 1 is 1.46 bits per heavy atom. The monoisotopic (exact) mass is 181 g/mol. The van der Waals surface area contributed by atoms with Gasteiger partial charge in [0.05, 0.1) is 12.2 Å². The highest BCUT2D eigenvalue weighted by Gasteiger charge is 2.30. The lowest BCUT2D eigenvalue weighted by atomic mass is 10.1. The number of allylic oxidation sites excluding steroid dienone is 1. The van der Waals surface area contributed by atoms with Crippen LogP contribution in [-0.4, -0.2) is 30.6 Å². The van der Waals surface area contributed by atoms with Gasteiger partial charge in [-0.05, 0) is 26.2 Å². The summed E-state index contributed by atoms with van der Waals surface area (Å²) in [6, 6.07) is 0. The largest absolute Gasteiger partial charge is 0.463 e. The molecule has 0 bridgehead atoms. The lowest BCUT2D eigenvalue weighted by molar-refractivity contribution is -0.138. The van der Waals surface area contributed by atoms with Crippen molar-refractivity contribution in [3.05, 3.63) is 11.3 Å². The summed E-state index contributed by atoms with van der Waals surface area (Å²) in [6.45, 7) is 4.47. The van der Waals surface area contributed by atoms with Crippen molar-refractivity contribution < 1.29 is 9.53 Å². The van der Waals surface area contributed by atoms with Gasteiger partial charge in [0.25, 0.3) is 0 Å². The van der Waals surface area contributed by atoms with Crippen LogP contribution in [0.2, 0.25) is 0 Å². The number of esters is 1. The van der Waals surface area contributed by atoms with Crippen molar-refractivity contribution in [2.45, 2.75) is 26.2 Å². The third-order valence-corrected chi connectivity index (χ3v) is 2.73. The van der Waals surface area contributed by atoms with Crippen molar-refractivity contribution in [3.63, 3.8) is 0 Å². The molecule has 72 valence electrons. The highest BCUT2D eigenvalue weighted by molar-refractivity contribution is 5.90. The van der Waals surface area contributed by atoms with Crippen LogP contribution in [0.15, 0.2) is 11.3 Å². The molecular weight excluding hydrogens is 166 g/mol. The number of hydrogen-bond donors (Lipinski definition) is 0. The van der Waals surface area contributed by atoms with Crippen LogP contribution >= 0.6 is 0 Å². The molecule has 0 aromatic carbocycles. The number of carbonyl (C=O) groups is 1. The Morgan fingerprint density at radius 3 is 3.08 bits per heavy atom. The zero-order valence-corrected chi connectivity index (χ0v) is 8.01. The van der Waals surface area contributed by atoms with Gasteiger partial charge in [-0.3, -0.25) is 0 Å². The molecule has 0 aromatic rings. The average molecular weight is 181 g/mol. The van der Waals surface area contributed by atoms with E-state index in [1.807, 2.05) is 6.92 Å². The molecule has 0 aliphatic carbocycles. The fraction of sp³-hybridized carbons (Fsp3) is 0.700. The summed E-state index contributed by atoms with van der Waals surface area (Å²) >= 11 is 0. The Labute approximate surface area is 78.4 Å². The minimum atomic E-state index is -0.0955. The van der Waals surface area contributed by atoms with E-state index in [0.717, 1.165) is 31.5 Å². The molecule has 1 saturated heterocycles. The van der Waals surface area contributed by atoms with Crippen LogP contribution in [0.25, 0.3) is 0 Å². The number of hydrogen-bond acceptors (Lipinski definition) is 3. The normalized spacial score (nSPS) is 20.8. The van der Waals surface area contributed by atoms with E-state index in [4.69, 9.17) is 4.74 Å². The first kappa shape index (κ1) is 8.60. The standard InChI is InChI=1S/C10H15NO2/c1-2-13-10(12)8-5-7-11-6-3-4-9(8)11/h2-7H2,1H3. The van der Waals surface area contributed by atoms with Gasteiger partial charge < -0.3 is 9.64 Å². The van der Waals surface area contributed by atoms with Crippen molar-refractivity contribution in [1.82, 2.24) is 4.90 Å². The van der Waals surface area contributed by atoms with E-state index in [0.29, 0.717) is 6.61 Å². The van der Waals surface area contributed by atoms with Crippen LogP contribution < -0.4 is 0 Å². The lowest BCUT2D eigenvalue weighted by Gasteiger charge is -2.11. The first-order chi connectivity index (χ1) is 6.33. The van der Waals surface area contributed by atoms with Crippen LogP contribution in [0, 0.1) is 0 Å². The summed E-state index contributed by atoms with van der Waals surface area (Å²) in [7, 11) is 0. The maximum absolute atomic E-state index is 11.5. The number of rotatable bonds is 2. The second-order valence-electron chi connectivity index (χ2n) is 3.49. The summed E-state index contributed by atoms with van der Waals surface area (Å²) in [5, 5.41) is 0. The van der Waals surface area contributed by atoms with E-state index in [-0.39, 0.29) is 5.97 Å². The van der Waals surface area contributed by atoms with Gasteiger partial charge in [0, 0.05) is 18.8 Å². The van der Waals surface area contributed by atoms with E-state index in [1.165, 1.54) is 12.1 Å². The summed E-state index contributed by atoms with van der Waals surface area (Å²) in [4.78, 5) is 13.8. The summed E-state index contributed by atoms with van der Waals surface area (Å²) in [5.41, 5.74) is 2.18. The molecule has 0 saturated carbocycles. The smallest absolute Gasteiger partial charge is 0.335 e. The van der Waals surface area contributed by atoms with Gasteiger partial charge in [0.2, 0.25) is 0 Å². The second-order valence-corrected chi connectivity index (χ2v) is 3.49. The van der Waals surface area contributed by atoms with E-state index in [2.05, 4.69) is 4.90 Å². The highest BCUT2D eigenvalue weighted by atomic mass is 16.5. The topological polar surface area (TPSA) is 29.5 Å². The van der Waals surface area contributed by atoms with E-state index in [1.54, 1.807) is 0 Å².